The third-order valence-corrected chi connectivity index (χ3v) is 8.90. The van der Waals surface area contributed by atoms with Crippen LogP contribution in [0.1, 0.15) is 42.1 Å². The van der Waals surface area contributed by atoms with Crippen LogP contribution < -0.4 is 24.4 Å². The molecule has 1 atom stereocenters. The number of allylic oxidation sites excluding steroid dienone is 1. The van der Waals surface area contributed by atoms with E-state index in [1.165, 1.54) is 21.5 Å². The Labute approximate surface area is 265 Å². The van der Waals surface area contributed by atoms with Crippen molar-refractivity contribution in [2.24, 2.45) is 4.99 Å². The van der Waals surface area contributed by atoms with Crippen molar-refractivity contribution in [1.82, 2.24) is 4.57 Å². The number of aryl methyl sites for hydroxylation is 1. The van der Waals surface area contributed by atoms with E-state index in [0.717, 1.165) is 14.7 Å². The monoisotopic (exact) mass is 714 g/mol. The van der Waals surface area contributed by atoms with E-state index in [-0.39, 0.29) is 17.7 Å². The van der Waals surface area contributed by atoms with Crippen LogP contribution in [0.5, 0.6) is 11.5 Å². The fourth-order valence-corrected chi connectivity index (χ4v) is 6.80. The number of thiazole rings is 1. The minimum atomic E-state index is -0.775. The average Bonchev–Trinajstić information content (AvgIpc) is 3.26. The van der Waals surface area contributed by atoms with E-state index in [2.05, 4.69) is 27.6 Å². The van der Waals surface area contributed by atoms with Gasteiger partial charge in [-0.3, -0.25) is 9.36 Å². The molecule has 4 aromatic rings. The van der Waals surface area contributed by atoms with Crippen LogP contribution in [-0.2, 0) is 16.1 Å². The first-order valence-corrected chi connectivity index (χ1v) is 15.5. The molecule has 1 aliphatic rings. The summed E-state index contributed by atoms with van der Waals surface area (Å²) in [6.45, 7) is 6.12. The zero-order chi connectivity index (χ0) is 30.0. The lowest BCUT2D eigenvalue weighted by Gasteiger charge is -2.25. The zero-order valence-electron chi connectivity index (χ0n) is 23.4. The third kappa shape index (κ3) is 6.04. The molecule has 0 fully saturated rings. The number of halogens is 2. The number of carbonyl (C=O) groups excluding carboxylic acids is 1. The maximum Gasteiger partial charge on any atom is 0.338 e. The summed E-state index contributed by atoms with van der Waals surface area (Å²) in [4.78, 5) is 32.1. The van der Waals surface area contributed by atoms with Crippen molar-refractivity contribution >= 4 is 57.6 Å². The molecule has 0 aliphatic carbocycles. The van der Waals surface area contributed by atoms with Crippen molar-refractivity contribution in [2.45, 2.75) is 33.4 Å². The minimum Gasteiger partial charge on any atom is -0.493 e. The predicted molar refractivity (Wildman–Crippen MR) is 173 cm³/mol. The Morgan fingerprint density at radius 2 is 1.88 bits per heavy atom. The van der Waals surface area contributed by atoms with Gasteiger partial charge in [0.15, 0.2) is 16.3 Å². The number of nitrogens with zero attached hydrogens (tertiary/aromatic N) is 2. The van der Waals surface area contributed by atoms with Gasteiger partial charge < -0.3 is 14.2 Å². The van der Waals surface area contributed by atoms with Gasteiger partial charge in [0.2, 0.25) is 0 Å². The van der Waals surface area contributed by atoms with Gasteiger partial charge in [0.25, 0.3) is 5.56 Å². The molecule has 2 heterocycles. The molecule has 0 N–H and O–H groups in total. The van der Waals surface area contributed by atoms with Gasteiger partial charge in [0.05, 0.1) is 33.1 Å². The smallest absolute Gasteiger partial charge is 0.338 e. The fourth-order valence-electron chi connectivity index (χ4n) is 4.74. The van der Waals surface area contributed by atoms with Gasteiger partial charge in [-0.1, -0.05) is 71.0 Å². The Kier molecular flexibility index (Phi) is 9.19. The van der Waals surface area contributed by atoms with Crippen LogP contribution in [0.15, 0.2) is 81.7 Å². The van der Waals surface area contributed by atoms with Crippen molar-refractivity contribution < 1.29 is 19.0 Å². The van der Waals surface area contributed by atoms with Crippen LogP contribution in [0.4, 0.5) is 0 Å². The molecule has 10 heteroatoms. The second kappa shape index (κ2) is 12.8. The summed E-state index contributed by atoms with van der Waals surface area (Å²) in [5, 5.41) is 0.439. The van der Waals surface area contributed by atoms with Crippen molar-refractivity contribution in [2.75, 3.05) is 13.7 Å². The molecule has 0 spiro atoms. The SMILES string of the molecule is CCOC(=O)C1=C(C)N=c2s/c(=C/c3cc(I)c(OCc4ccc(C)cc4)c(OC)c3)c(=O)n2[C@@H]1c1ccccc1Cl. The molecule has 42 heavy (non-hydrogen) atoms. The van der Waals surface area contributed by atoms with Crippen molar-refractivity contribution in [3.8, 4) is 11.5 Å². The summed E-state index contributed by atoms with van der Waals surface area (Å²) >= 11 is 10.1. The van der Waals surface area contributed by atoms with Gasteiger partial charge in [0.1, 0.15) is 12.6 Å². The lowest BCUT2D eigenvalue weighted by Crippen LogP contribution is -2.40. The summed E-state index contributed by atoms with van der Waals surface area (Å²) in [5.74, 6) is 0.659. The van der Waals surface area contributed by atoms with Crippen LogP contribution in [0.3, 0.4) is 0 Å². The molecule has 0 saturated heterocycles. The Bertz CT molecular complexity index is 1880. The number of hydrogen-bond acceptors (Lipinski definition) is 7. The molecule has 0 radical (unpaired) electrons. The molecule has 216 valence electrons. The molecule has 0 bridgehead atoms. The predicted octanol–water partition coefficient (Wildman–Crippen LogP) is 5.95. The van der Waals surface area contributed by atoms with E-state index in [0.29, 0.717) is 43.7 Å². The van der Waals surface area contributed by atoms with Gasteiger partial charge in [0, 0.05) is 5.02 Å². The quantitative estimate of drug-likeness (QED) is 0.167. The van der Waals surface area contributed by atoms with E-state index in [1.54, 1.807) is 39.2 Å². The first-order valence-electron chi connectivity index (χ1n) is 13.2. The molecule has 0 amide bonds. The standard InChI is InChI=1S/C32H28ClIN2O5S/c1-5-40-31(38)27-19(3)35-32-36(28(27)22-8-6-7-9-23(22)33)30(37)26(42-32)16-21-14-24(34)29(25(15-21)39-4)41-17-20-12-10-18(2)11-13-20/h6-16,28H,5,17H2,1-4H3/b26-16+/t28-/m1/s1. The first-order chi connectivity index (χ1) is 20.2. The van der Waals surface area contributed by atoms with E-state index < -0.39 is 12.0 Å². The lowest BCUT2D eigenvalue weighted by molar-refractivity contribution is -0.139. The number of benzene rings is 3. The average molecular weight is 715 g/mol. The van der Waals surface area contributed by atoms with Crippen molar-refractivity contribution in [3.05, 3.63) is 122 Å². The maximum absolute atomic E-state index is 13.9. The Balaban J connectivity index is 1.58. The molecule has 5 rings (SSSR count). The Morgan fingerprint density at radius 1 is 1.14 bits per heavy atom. The van der Waals surface area contributed by atoms with Crippen LogP contribution in [-0.4, -0.2) is 24.3 Å². The highest BCUT2D eigenvalue weighted by Crippen LogP contribution is 2.36. The minimum absolute atomic E-state index is 0.195. The maximum atomic E-state index is 13.9. The Morgan fingerprint density at radius 3 is 2.57 bits per heavy atom. The molecule has 7 nitrogen and oxygen atoms in total. The molecule has 0 saturated carbocycles. The summed E-state index contributed by atoms with van der Waals surface area (Å²) in [7, 11) is 1.59. The van der Waals surface area contributed by atoms with Gasteiger partial charge >= 0.3 is 5.97 Å². The molecule has 1 aliphatic heterocycles. The van der Waals surface area contributed by atoms with Gasteiger partial charge in [-0.05, 0) is 84.3 Å². The van der Waals surface area contributed by atoms with Gasteiger partial charge in [-0.2, -0.15) is 0 Å². The highest BCUT2D eigenvalue weighted by Gasteiger charge is 2.34. The number of aromatic nitrogens is 1. The van der Waals surface area contributed by atoms with Gasteiger partial charge in [-0.25, -0.2) is 9.79 Å². The number of ether oxygens (including phenoxy) is 3. The molecule has 1 aromatic heterocycles. The molecule has 0 unspecified atom stereocenters. The van der Waals surface area contributed by atoms with E-state index >= 15 is 0 Å². The summed E-state index contributed by atoms with van der Waals surface area (Å²) in [6.07, 6.45) is 1.80. The van der Waals surface area contributed by atoms with Crippen molar-refractivity contribution in [1.29, 1.82) is 0 Å². The number of hydrogen-bond donors (Lipinski definition) is 0. The second-order valence-corrected chi connectivity index (χ2v) is 12.2. The van der Waals surface area contributed by atoms with Gasteiger partial charge in [-0.15, -0.1) is 0 Å². The van der Waals surface area contributed by atoms with E-state index in [1.807, 2.05) is 55.5 Å². The number of rotatable bonds is 8. The topological polar surface area (TPSA) is 79.1 Å². The number of carbonyl (C=O) groups is 1. The fraction of sp³-hybridized carbons (Fsp3) is 0.219. The highest BCUT2D eigenvalue weighted by molar-refractivity contribution is 14.1. The van der Waals surface area contributed by atoms with Crippen molar-refractivity contribution in [3.63, 3.8) is 0 Å². The largest absolute Gasteiger partial charge is 0.493 e. The van der Waals surface area contributed by atoms with E-state index in [9.17, 15) is 9.59 Å². The van der Waals surface area contributed by atoms with Crippen LogP contribution in [0.2, 0.25) is 5.02 Å². The molecule has 3 aromatic carbocycles. The highest BCUT2D eigenvalue weighted by atomic mass is 127. The van der Waals surface area contributed by atoms with Crippen LogP contribution in [0, 0.1) is 10.5 Å². The third-order valence-electron chi connectivity index (χ3n) is 6.77. The Hall–Kier alpha value is -3.41. The second-order valence-electron chi connectivity index (χ2n) is 9.63. The molecular weight excluding hydrogens is 687 g/mol. The normalized spacial score (nSPS) is 14.8. The van der Waals surface area contributed by atoms with Crippen LogP contribution in [0.25, 0.3) is 6.08 Å². The summed E-state index contributed by atoms with van der Waals surface area (Å²) in [6, 6.07) is 18.3. The number of fused-ring (bicyclic) bond motifs is 1. The zero-order valence-corrected chi connectivity index (χ0v) is 27.2. The van der Waals surface area contributed by atoms with Crippen LogP contribution >= 0.6 is 45.5 Å². The molecular formula is C32H28ClIN2O5S. The lowest BCUT2D eigenvalue weighted by atomic mass is 9.96. The number of esters is 1. The van der Waals surface area contributed by atoms with E-state index in [4.69, 9.17) is 25.8 Å². The number of methoxy groups -OCH3 is 1. The summed E-state index contributed by atoms with van der Waals surface area (Å²) < 4.78 is 20.0. The first kappa shape index (κ1) is 30.1. The summed E-state index contributed by atoms with van der Waals surface area (Å²) in [5.41, 5.74) is 4.11.